The van der Waals surface area contributed by atoms with Crippen molar-refractivity contribution < 1.29 is 32.8 Å². The second-order valence-corrected chi connectivity index (χ2v) is 16.7. The van der Waals surface area contributed by atoms with Gasteiger partial charge in [-0.05, 0) is 38.5 Å². The second kappa shape index (κ2) is 43.1. The fraction of sp³-hybridized carbons (Fsp3) is 0.889. The number of phosphoric ester groups is 1. The van der Waals surface area contributed by atoms with Crippen LogP contribution in [0.2, 0.25) is 0 Å². The number of hydrogen-bond acceptors (Lipinski definition) is 7. The van der Waals surface area contributed by atoms with E-state index in [0.29, 0.717) is 13.0 Å². The Balaban J connectivity index is 3.91. The molecule has 2 atom stereocenters. The molecule has 0 aliphatic heterocycles. The number of phosphoric acid groups is 1. The zero-order valence-electron chi connectivity index (χ0n) is 35.5. The topological polar surface area (TPSA) is 117 Å². The molecule has 2 unspecified atom stereocenters. The van der Waals surface area contributed by atoms with Gasteiger partial charge in [-0.1, -0.05) is 199 Å². The van der Waals surface area contributed by atoms with Crippen LogP contribution in [0.1, 0.15) is 219 Å². The largest absolute Gasteiger partial charge is 0.472 e. The van der Waals surface area contributed by atoms with Gasteiger partial charge in [0.1, 0.15) is 6.10 Å². The predicted octanol–water partition coefficient (Wildman–Crippen LogP) is 13.6. The Morgan fingerprint density at radius 3 is 1.52 bits per heavy atom. The molecule has 0 aromatic rings. The molecular weight excluding hydrogens is 697 g/mol. The lowest BCUT2D eigenvalue weighted by Gasteiger charge is -2.20. The maximum atomic E-state index is 12.6. The lowest BCUT2D eigenvalue weighted by Crippen LogP contribution is -2.28. The number of rotatable bonds is 44. The summed E-state index contributed by atoms with van der Waals surface area (Å²) < 4.78 is 33.4. The molecule has 0 rings (SSSR count). The SMILES string of the molecule is CCC/C=C\C/C=C\CCCCCCCC(=O)OC(COCCCCCCCCCCCCCCCCCCCCCCCC)COP(=O)(O)OCCN. The summed E-state index contributed by atoms with van der Waals surface area (Å²) in [5, 5.41) is 0. The summed E-state index contributed by atoms with van der Waals surface area (Å²) in [5.74, 6) is -0.341. The Labute approximate surface area is 334 Å². The van der Waals surface area contributed by atoms with Gasteiger partial charge in [-0.15, -0.1) is 0 Å². The maximum Gasteiger partial charge on any atom is 0.472 e. The maximum absolute atomic E-state index is 12.6. The highest BCUT2D eigenvalue weighted by Gasteiger charge is 2.25. The van der Waals surface area contributed by atoms with Gasteiger partial charge >= 0.3 is 13.8 Å². The first-order valence-corrected chi connectivity index (χ1v) is 24.3. The standard InChI is InChI=1S/C45H88NO7P/c1-3-5-7-9-11-13-15-17-18-19-20-21-22-23-24-25-27-29-31-33-35-37-40-50-42-44(43-52-54(48,49)51-41-39-46)53-45(47)38-36-34-32-30-28-26-16-14-12-10-8-6-4-2/h8,10,14,16,44H,3-7,9,11-13,15,17-43,46H2,1-2H3,(H,48,49)/b10-8-,16-14-. The minimum absolute atomic E-state index is 0.0963. The predicted molar refractivity (Wildman–Crippen MR) is 229 cm³/mol. The van der Waals surface area contributed by atoms with Crippen molar-refractivity contribution in [1.29, 1.82) is 0 Å². The monoisotopic (exact) mass is 786 g/mol. The number of carbonyl (C=O) groups excluding carboxylic acids is 1. The molecule has 8 nitrogen and oxygen atoms in total. The second-order valence-electron chi connectivity index (χ2n) is 15.3. The molecule has 0 amide bonds. The van der Waals surface area contributed by atoms with Crippen LogP contribution in [0.5, 0.6) is 0 Å². The minimum atomic E-state index is -4.28. The van der Waals surface area contributed by atoms with Crippen LogP contribution in [0.3, 0.4) is 0 Å². The van der Waals surface area contributed by atoms with Crippen molar-refractivity contribution in [3.05, 3.63) is 24.3 Å². The molecule has 320 valence electrons. The molecule has 0 bridgehead atoms. The van der Waals surface area contributed by atoms with E-state index < -0.39 is 13.9 Å². The zero-order chi connectivity index (χ0) is 39.5. The van der Waals surface area contributed by atoms with Gasteiger partial charge in [-0.3, -0.25) is 13.8 Å². The lowest BCUT2D eigenvalue weighted by molar-refractivity contribution is -0.154. The molecule has 9 heteroatoms. The van der Waals surface area contributed by atoms with Crippen molar-refractivity contribution in [3.63, 3.8) is 0 Å². The van der Waals surface area contributed by atoms with Gasteiger partial charge in [0, 0.05) is 19.6 Å². The average Bonchev–Trinajstić information content (AvgIpc) is 3.16. The van der Waals surface area contributed by atoms with E-state index in [9.17, 15) is 14.3 Å². The average molecular weight is 786 g/mol. The highest BCUT2D eigenvalue weighted by Crippen LogP contribution is 2.43. The molecule has 0 radical (unpaired) electrons. The number of carbonyl (C=O) groups is 1. The molecular formula is C45H88NO7P. The van der Waals surface area contributed by atoms with E-state index in [1.54, 1.807) is 0 Å². The van der Waals surface area contributed by atoms with Crippen LogP contribution < -0.4 is 5.73 Å². The number of ether oxygens (including phenoxy) is 2. The third-order valence-corrected chi connectivity index (χ3v) is 10.8. The van der Waals surface area contributed by atoms with Gasteiger partial charge in [-0.25, -0.2) is 4.57 Å². The Hall–Kier alpha value is -1.02. The molecule has 0 spiro atoms. The number of esters is 1. The van der Waals surface area contributed by atoms with E-state index in [1.807, 2.05) is 0 Å². The van der Waals surface area contributed by atoms with Crippen molar-refractivity contribution in [1.82, 2.24) is 0 Å². The fourth-order valence-corrected chi connectivity index (χ4v) is 7.27. The van der Waals surface area contributed by atoms with E-state index in [-0.39, 0.29) is 32.3 Å². The van der Waals surface area contributed by atoms with Crippen LogP contribution in [0.25, 0.3) is 0 Å². The van der Waals surface area contributed by atoms with Gasteiger partial charge in [0.05, 0.1) is 19.8 Å². The summed E-state index contributed by atoms with van der Waals surface area (Å²) in [7, 11) is -4.28. The minimum Gasteiger partial charge on any atom is -0.457 e. The van der Waals surface area contributed by atoms with Gasteiger partial charge in [-0.2, -0.15) is 0 Å². The number of nitrogens with two attached hydrogens (primary N) is 1. The molecule has 0 aromatic carbocycles. The van der Waals surface area contributed by atoms with E-state index in [2.05, 4.69) is 38.2 Å². The third-order valence-electron chi connectivity index (χ3n) is 9.85. The molecule has 0 aromatic heterocycles. The molecule has 54 heavy (non-hydrogen) atoms. The Kier molecular flexibility index (Phi) is 42.3. The summed E-state index contributed by atoms with van der Waals surface area (Å²) in [5.41, 5.74) is 5.37. The van der Waals surface area contributed by atoms with Gasteiger partial charge < -0.3 is 20.1 Å². The Bertz CT molecular complexity index is 884. The quantitative estimate of drug-likeness (QED) is 0.0271. The normalized spacial score (nSPS) is 13.6. The Morgan fingerprint density at radius 1 is 0.556 bits per heavy atom. The molecule has 0 aliphatic carbocycles. The lowest BCUT2D eigenvalue weighted by atomic mass is 10.0. The first-order chi connectivity index (χ1) is 26.4. The Morgan fingerprint density at radius 2 is 1.02 bits per heavy atom. The van der Waals surface area contributed by atoms with Crippen molar-refractivity contribution in [2.75, 3.05) is 33.0 Å². The van der Waals surface area contributed by atoms with Gasteiger partial charge in [0.15, 0.2) is 0 Å². The fourth-order valence-electron chi connectivity index (χ4n) is 6.51. The molecule has 3 N–H and O–H groups in total. The van der Waals surface area contributed by atoms with Crippen LogP contribution >= 0.6 is 7.82 Å². The molecule has 0 aliphatic rings. The third kappa shape index (κ3) is 42.1. The van der Waals surface area contributed by atoms with Crippen molar-refractivity contribution >= 4 is 13.8 Å². The summed E-state index contributed by atoms with van der Waals surface area (Å²) in [6.45, 7) is 4.88. The van der Waals surface area contributed by atoms with Crippen LogP contribution in [-0.4, -0.2) is 49.9 Å². The van der Waals surface area contributed by atoms with Crippen LogP contribution in [-0.2, 0) is 27.9 Å². The van der Waals surface area contributed by atoms with Crippen molar-refractivity contribution in [2.24, 2.45) is 5.73 Å². The summed E-state index contributed by atoms with van der Waals surface area (Å²) in [6, 6.07) is 0. The molecule has 0 fully saturated rings. The van der Waals surface area contributed by atoms with Crippen molar-refractivity contribution in [3.8, 4) is 0 Å². The number of allylic oxidation sites excluding steroid dienone is 4. The number of unbranched alkanes of at least 4 members (excludes halogenated alkanes) is 27. The summed E-state index contributed by atoms with van der Waals surface area (Å²) in [4.78, 5) is 22.5. The summed E-state index contributed by atoms with van der Waals surface area (Å²) >= 11 is 0. The van der Waals surface area contributed by atoms with E-state index in [0.717, 1.165) is 64.2 Å². The molecule has 0 heterocycles. The zero-order valence-corrected chi connectivity index (χ0v) is 36.4. The van der Waals surface area contributed by atoms with Gasteiger partial charge in [0.25, 0.3) is 0 Å². The first kappa shape index (κ1) is 53.0. The van der Waals surface area contributed by atoms with Crippen LogP contribution in [0.15, 0.2) is 24.3 Å². The van der Waals surface area contributed by atoms with E-state index in [1.165, 1.54) is 135 Å². The van der Waals surface area contributed by atoms with Gasteiger partial charge in [0.2, 0.25) is 0 Å². The first-order valence-electron chi connectivity index (χ1n) is 22.8. The molecule has 0 saturated heterocycles. The highest BCUT2D eigenvalue weighted by atomic mass is 31.2. The number of hydrogen-bond donors (Lipinski definition) is 2. The van der Waals surface area contributed by atoms with Crippen LogP contribution in [0, 0.1) is 0 Å². The van der Waals surface area contributed by atoms with Crippen LogP contribution in [0.4, 0.5) is 0 Å². The van der Waals surface area contributed by atoms with E-state index >= 15 is 0 Å². The van der Waals surface area contributed by atoms with Crippen molar-refractivity contribution in [2.45, 2.75) is 225 Å². The smallest absolute Gasteiger partial charge is 0.457 e. The molecule has 0 saturated carbocycles. The highest BCUT2D eigenvalue weighted by molar-refractivity contribution is 7.47. The summed E-state index contributed by atoms with van der Waals surface area (Å²) in [6.07, 6.45) is 47.8. The van der Waals surface area contributed by atoms with E-state index in [4.69, 9.17) is 24.3 Å².